The lowest BCUT2D eigenvalue weighted by Gasteiger charge is -2.10. The van der Waals surface area contributed by atoms with Crippen molar-refractivity contribution in [3.05, 3.63) is 63.8 Å². The third kappa shape index (κ3) is 3.26. The van der Waals surface area contributed by atoms with Crippen molar-refractivity contribution in [2.45, 2.75) is 6.92 Å². The van der Waals surface area contributed by atoms with Crippen LogP contribution in [-0.2, 0) is 0 Å². The zero-order valence-corrected chi connectivity index (χ0v) is 16.4. The van der Waals surface area contributed by atoms with E-state index in [4.69, 9.17) is 0 Å². The van der Waals surface area contributed by atoms with Crippen LogP contribution in [0.3, 0.4) is 0 Å². The number of hydrogen-bond donors (Lipinski definition) is 3. The van der Waals surface area contributed by atoms with Crippen molar-refractivity contribution >= 4 is 61.4 Å². The van der Waals surface area contributed by atoms with Crippen LogP contribution in [0.5, 0.6) is 0 Å². The second kappa shape index (κ2) is 7.04. The van der Waals surface area contributed by atoms with E-state index in [1.54, 1.807) is 19.2 Å². The fourth-order valence-electron chi connectivity index (χ4n) is 3.08. The van der Waals surface area contributed by atoms with Crippen molar-refractivity contribution < 1.29 is 4.92 Å². The number of benzene rings is 1. The molecular weight excluding hydrogens is 404 g/mol. The van der Waals surface area contributed by atoms with Crippen molar-refractivity contribution in [1.82, 2.24) is 25.1 Å². The zero-order chi connectivity index (χ0) is 20.7. The highest BCUT2D eigenvalue weighted by Crippen LogP contribution is 2.31. The van der Waals surface area contributed by atoms with Crippen LogP contribution in [0.1, 0.15) is 5.56 Å². The van der Waals surface area contributed by atoms with E-state index in [1.165, 1.54) is 17.5 Å². The number of nitrogens with zero attached hydrogens (tertiary/aromatic N) is 5. The van der Waals surface area contributed by atoms with Gasteiger partial charge in [-0.25, -0.2) is 9.97 Å². The monoisotopic (exact) mass is 418 g/mol. The first-order valence-electron chi connectivity index (χ1n) is 8.90. The third-order valence-electron chi connectivity index (χ3n) is 4.53. The Morgan fingerprint density at radius 1 is 1.13 bits per heavy atom. The standard InChI is InChI=1S/C19H14N8O2S/c1-10-6-16(20-9-15(10)27(28)29)24-19-23-14-4-5-30-17(14)18(25-19)22-12-2-3-13-11(7-12)8-21-26-13/h2-9H,1H3,(H,21,26)(H2,20,22,23,24,25). The molecule has 0 aliphatic carbocycles. The summed E-state index contributed by atoms with van der Waals surface area (Å²) in [5.41, 5.74) is 3.06. The van der Waals surface area contributed by atoms with Crippen LogP contribution >= 0.6 is 11.3 Å². The fraction of sp³-hybridized carbons (Fsp3) is 0.0526. The lowest BCUT2D eigenvalue weighted by Crippen LogP contribution is -2.03. The number of aromatic amines is 1. The van der Waals surface area contributed by atoms with Gasteiger partial charge in [-0.3, -0.25) is 15.2 Å². The Hall–Kier alpha value is -4.12. The molecule has 0 fully saturated rings. The minimum absolute atomic E-state index is 0.0354. The summed E-state index contributed by atoms with van der Waals surface area (Å²) in [6, 6.07) is 9.37. The van der Waals surface area contributed by atoms with Gasteiger partial charge in [-0.2, -0.15) is 10.1 Å². The number of fused-ring (bicyclic) bond motifs is 2. The number of aryl methyl sites for hydroxylation is 1. The topological polar surface area (TPSA) is 135 Å². The van der Waals surface area contributed by atoms with Crippen LogP contribution in [0, 0.1) is 17.0 Å². The molecule has 3 N–H and O–H groups in total. The van der Waals surface area contributed by atoms with E-state index in [9.17, 15) is 10.1 Å². The van der Waals surface area contributed by atoms with Crippen LogP contribution in [0.4, 0.5) is 29.0 Å². The maximum atomic E-state index is 11.0. The normalized spacial score (nSPS) is 11.1. The van der Waals surface area contributed by atoms with Crippen LogP contribution in [0.25, 0.3) is 21.1 Å². The predicted molar refractivity (Wildman–Crippen MR) is 116 cm³/mol. The number of thiophene rings is 1. The average Bonchev–Trinajstić information content (AvgIpc) is 3.36. The van der Waals surface area contributed by atoms with Crippen LogP contribution in [-0.4, -0.2) is 30.1 Å². The van der Waals surface area contributed by atoms with Crippen molar-refractivity contribution in [2.75, 3.05) is 10.6 Å². The second-order valence-corrected chi connectivity index (χ2v) is 7.48. The van der Waals surface area contributed by atoms with Gasteiger partial charge in [-0.15, -0.1) is 11.3 Å². The molecule has 0 spiro atoms. The van der Waals surface area contributed by atoms with Gasteiger partial charge in [-0.1, -0.05) is 0 Å². The minimum Gasteiger partial charge on any atom is -0.339 e. The molecule has 0 radical (unpaired) electrons. The van der Waals surface area contributed by atoms with Gasteiger partial charge in [0.25, 0.3) is 5.69 Å². The summed E-state index contributed by atoms with van der Waals surface area (Å²) in [5.74, 6) is 1.42. The molecule has 5 aromatic rings. The molecule has 0 saturated heterocycles. The maximum Gasteiger partial charge on any atom is 0.290 e. The molecule has 5 rings (SSSR count). The number of aromatic nitrogens is 5. The summed E-state index contributed by atoms with van der Waals surface area (Å²) in [7, 11) is 0. The summed E-state index contributed by atoms with van der Waals surface area (Å²) in [6.07, 6.45) is 2.98. The van der Waals surface area contributed by atoms with Gasteiger partial charge in [-0.05, 0) is 42.6 Å². The SMILES string of the molecule is Cc1cc(Nc2nc(Nc3ccc4[nH]ncc4c3)c3sccc3n2)ncc1[N+](=O)[O-]. The molecule has 0 bridgehead atoms. The number of anilines is 4. The molecule has 4 aromatic heterocycles. The summed E-state index contributed by atoms with van der Waals surface area (Å²) in [6.45, 7) is 1.66. The first-order chi connectivity index (χ1) is 14.6. The van der Waals surface area contributed by atoms with Gasteiger partial charge in [0.15, 0.2) is 5.82 Å². The van der Waals surface area contributed by atoms with Crippen molar-refractivity contribution in [3.8, 4) is 0 Å². The quantitative estimate of drug-likeness (QED) is 0.277. The maximum absolute atomic E-state index is 11.0. The van der Waals surface area contributed by atoms with Crippen LogP contribution < -0.4 is 10.6 Å². The highest BCUT2D eigenvalue weighted by atomic mass is 32.1. The van der Waals surface area contributed by atoms with E-state index in [-0.39, 0.29) is 5.69 Å². The van der Waals surface area contributed by atoms with E-state index >= 15 is 0 Å². The number of hydrogen-bond acceptors (Lipinski definition) is 9. The predicted octanol–water partition coefficient (Wildman–Crippen LogP) is 4.67. The Labute approximate surface area is 173 Å². The van der Waals surface area contributed by atoms with Gasteiger partial charge in [0.05, 0.1) is 26.9 Å². The Balaban J connectivity index is 1.49. The third-order valence-corrected chi connectivity index (χ3v) is 5.44. The Morgan fingerprint density at radius 2 is 2.03 bits per heavy atom. The summed E-state index contributed by atoms with van der Waals surface area (Å²) in [4.78, 5) is 23.8. The highest BCUT2D eigenvalue weighted by molar-refractivity contribution is 7.17. The first-order valence-corrected chi connectivity index (χ1v) is 9.78. The van der Waals surface area contributed by atoms with Crippen LogP contribution in [0.15, 0.2) is 48.1 Å². The number of H-pyrrole nitrogens is 1. The highest BCUT2D eigenvalue weighted by Gasteiger charge is 2.14. The molecule has 148 valence electrons. The van der Waals surface area contributed by atoms with E-state index in [1.807, 2.05) is 29.6 Å². The molecule has 30 heavy (non-hydrogen) atoms. The van der Waals surface area contributed by atoms with Gasteiger partial charge < -0.3 is 10.6 Å². The largest absolute Gasteiger partial charge is 0.339 e. The Kier molecular flexibility index (Phi) is 4.21. The molecule has 10 nitrogen and oxygen atoms in total. The molecule has 1 aromatic carbocycles. The molecule has 0 aliphatic heterocycles. The van der Waals surface area contributed by atoms with E-state index in [0.717, 1.165) is 26.8 Å². The van der Waals surface area contributed by atoms with E-state index < -0.39 is 4.92 Å². The Bertz CT molecular complexity index is 1410. The molecule has 0 atom stereocenters. The summed E-state index contributed by atoms with van der Waals surface area (Å²) < 4.78 is 0.917. The zero-order valence-electron chi connectivity index (χ0n) is 15.6. The minimum atomic E-state index is -0.459. The van der Waals surface area contributed by atoms with E-state index in [0.29, 0.717) is 23.1 Å². The first kappa shape index (κ1) is 17.9. The lowest BCUT2D eigenvalue weighted by molar-refractivity contribution is -0.385. The summed E-state index contributed by atoms with van der Waals surface area (Å²) >= 11 is 1.54. The average molecular weight is 418 g/mol. The smallest absolute Gasteiger partial charge is 0.290 e. The fourth-order valence-corrected chi connectivity index (χ4v) is 3.86. The van der Waals surface area contributed by atoms with Crippen molar-refractivity contribution in [1.29, 1.82) is 0 Å². The van der Waals surface area contributed by atoms with E-state index in [2.05, 4.69) is 35.8 Å². The molecule has 0 unspecified atom stereocenters. The molecule has 11 heteroatoms. The lowest BCUT2D eigenvalue weighted by atomic mass is 10.2. The number of rotatable bonds is 5. The molecule has 0 aliphatic rings. The van der Waals surface area contributed by atoms with Crippen LogP contribution in [0.2, 0.25) is 0 Å². The molecular formula is C19H14N8O2S. The molecule has 4 heterocycles. The van der Waals surface area contributed by atoms with Gasteiger partial charge >= 0.3 is 0 Å². The number of nitrogens with one attached hydrogen (secondary N) is 3. The molecule has 0 amide bonds. The second-order valence-electron chi connectivity index (χ2n) is 6.57. The number of nitro groups is 1. The van der Waals surface area contributed by atoms with Gasteiger partial charge in [0.1, 0.15) is 12.0 Å². The van der Waals surface area contributed by atoms with Gasteiger partial charge in [0.2, 0.25) is 5.95 Å². The van der Waals surface area contributed by atoms with Crippen molar-refractivity contribution in [3.63, 3.8) is 0 Å². The summed E-state index contributed by atoms with van der Waals surface area (Å²) in [5, 5.41) is 27.3. The molecule has 0 saturated carbocycles. The Morgan fingerprint density at radius 3 is 2.87 bits per heavy atom. The number of pyridine rings is 1. The van der Waals surface area contributed by atoms with Gasteiger partial charge in [0, 0.05) is 16.6 Å². The van der Waals surface area contributed by atoms with Crippen molar-refractivity contribution in [2.24, 2.45) is 0 Å².